The summed E-state index contributed by atoms with van der Waals surface area (Å²) in [5.41, 5.74) is 7.15. The molecule has 0 saturated carbocycles. The van der Waals surface area contributed by atoms with Crippen LogP contribution in [0, 0.1) is 12.1 Å². The molecule has 232 valence electrons. The second-order valence-corrected chi connectivity index (χ2v) is 12.9. The van der Waals surface area contributed by atoms with Gasteiger partial charge in [0.05, 0.1) is 17.3 Å². The highest BCUT2D eigenvalue weighted by Gasteiger charge is 2.29. The lowest BCUT2D eigenvalue weighted by Gasteiger charge is -2.47. The molecule has 0 amide bonds. The van der Waals surface area contributed by atoms with Crippen molar-refractivity contribution in [2.45, 2.75) is 18.6 Å². The van der Waals surface area contributed by atoms with Crippen LogP contribution in [-0.4, -0.2) is 4.57 Å². The van der Waals surface area contributed by atoms with Gasteiger partial charge in [-0.25, -0.2) is 0 Å². The van der Waals surface area contributed by atoms with Crippen LogP contribution in [0.4, 0.5) is 0 Å². The topological polar surface area (TPSA) is 47.7 Å². The molecule has 3 atom stereocenters. The van der Waals surface area contributed by atoms with Gasteiger partial charge in [-0.3, -0.25) is 5.32 Å². The van der Waals surface area contributed by atoms with Gasteiger partial charge >= 0.3 is 0 Å². The summed E-state index contributed by atoms with van der Waals surface area (Å²) in [6.07, 6.45) is -0.454. The normalized spacial score (nSPS) is 18.0. The van der Waals surface area contributed by atoms with E-state index in [2.05, 4.69) is 185 Å². The highest BCUT2D eigenvalue weighted by atomic mass is 15.4. The highest BCUT2D eigenvalue weighted by molar-refractivity contribution is 6.36. The third-order valence-corrected chi connectivity index (χ3v) is 10.1. The van der Waals surface area contributed by atoms with Crippen molar-refractivity contribution in [2.75, 3.05) is 0 Å². The molecule has 0 bridgehead atoms. The number of rotatable bonds is 4. The fourth-order valence-electron chi connectivity index (χ4n) is 7.90. The maximum Gasteiger partial charge on any atom is 0.165 e. The van der Waals surface area contributed by atoms with E-state index in [0.717, 1.165) is 16.3 Å². The Hall–Kier alpha value is -5.96. The Kier molecular flexibility index (Phi) is 6.50. The first-order valence-electron chi connectivity index (χ1n) is 16.9. The van der Waals surface area contributed by atoms with E-state index in [4.69, 9.17) is 5.32 Å². The van der Waals surface area contributed by atoms with Gasteiger partial charge in [0.15, 0.2) is 6.17 Å². The predicted molar refractivity (Wildman–Crippen MR) is 201 cm³/mol. The minimum atomic E-state index is -0.237. The van der Waals surface area contributed by atoms with Crippen LogP contribution in [0.5, 0.6) is 0 Å². The first-order valence-corrected chi connectivity index (χ1v) is 16.9. The number of hydrogen-bond acceptors (Lipinski definition) is 1. The van der Waals surface area contributed by atoms with Crippen molar-refractivity contribution in [1.82, 2.24) is 9.88 Å². The van der Waals surface area contributed by atoms with Crippen LogP contribution in [0.2, 0.25) is 0 Å². The zero-order valence-electron chi connectivity index (χ0n) is 26.7. The Labute approximate surface area is 284 Å². The van der Waals surface area contributed by atoms with Crippen LogP contribution in [0.3, 0.4) is 0 Å². The van der Waals surface area contributed by atoms with Crippen molar-refractivity contribution in [3.8, 4) is 11.1 Å². The summed E-state index contributed by atoms with van der Waals surface area (Å²) in [6, 6.07) is 63.4. The molecule has 4 nitrogen and oxygen atoms in total. The van der Waals surface area contributed by atoms with Gasteiger partial charge in [-0.1, -0.05) is 163 Å². The number of para-hydroxylation sites is 1. The van der Waals surface area contributed by atoms with Crippen molar-refractivity contribution in [1.29, 1.82) is 0 Å². The molecule has 10 rings (SSSR count). The fourth-order valence-corrected chi connectivity index (χ4v) is 7.90. The zero-order chi connectivity index (χ0) is 32.3. The summed E-state index contributed by atoms with van der Waals surface area (Å²) in [6.45, 7) is 0. The standard InChI is InChI=1S/C45H31N4/c1-3-13-29(14-4-1)30-23-25-33(26-24-30)44-46-43(32-16-5-2-6-17-32)47-45(48-44)49-39-22-12-11-21-38(39)41-40-34-18-8-7-15-31(34)27-28-36(40)35-19-9-10-20-37(35)42(41)49/h1-26,43-47H/q-1/p+1. The van der Waals surface area contributed by atoms with E-state index in [1.807, 2.05) is 0 Å². The van der Waals surface area contributed by atoms with E-state index in [0.29, 0.717) is 0 Å². The van der Waals surface area contributed by atoms with E-state index in [-0.39, 0.29) is 18.6 Å². The number of quaternary nitrogens is 1. The molecule has 9 aromatic rings. The Morgan fingerprint density at radius 1 is 0.531 bits per heavy atom. The molecule has 0 spiro atoms. The van der Waals surface area contributed by atoms with Gasteiger partial charge in [0.1, 0.15) is 0 Å². The molecular formula is C45H32N4. The molecule has 1 fully saturated rings. The molecule has 1 aliphatic rings. The average molecular weight is 629 g/mol. The summed E-state index contributed by atoms with van der Waals surface area (Å²) < 4.78 is 2.49. The highest BCUT2D eigenvalue weighted by Crippen LogP contribution is 2.45. The maximum absolute atomic E-state index is 5.60. The van der Waals surface area contributed by atoms with Crippen molar-refractivity contribution in [3.05, 3.63) is 186 Å². The summed E-state index contributed by atoms with van der Waals surface area (Å²) in [7, 11) is 0. The van der Waals surface area contributed by atoms with E-state index < -0.39 is 0 Å². The van der Waals surface area contributed by atoms with Crippen LogP contribution in [0.15, 0.2) is 158 Å². The largest absolute Gasteiger partial charge is 0.571 e. The minimum Gasteiger partial charge on any atom is -0.571 e. The molecule has 1 aromatic heterocycles. The molecule has 0 aliphatic carbocycles. The lowest BCUT2D eigenvalue weighted by atomic mass is 9.94. The first-order chi connectivity index (χ1) is 24.3. The van der Waals surface area contributed by atoms with Gasteiger partial charge < -0.3 is 15.2 Å². The molecule has 1 saturated heterocycles. The Balaban J connectivity index is 1.22. The van der Waals surface area contributed by atoms with Crippen molar-refractivity contribution >= 4 is 54.1 Å². The number of benzene rings is 7. The monoisotopic (exact) mass is 628 g/mol. The van der Waals surface area contributed by atoms with Crippen molar-refractivity contribution in [2.24, 2.45) is 0 Å². The quantitative estimate of drug-likeness (QED) is 0.200. The molecule has 4 heteroatoms. The third kappa shape index (κ3) is 4.53. The van der Waals surface area contributed by atoms with Crippen LogP contribution in [-0.2, 0) is 0 Å². The Morgan fingerprint density at radius 2 is 1.16 bits per heavy atom. The summed E-state index contributed by atoms with van der Waals surface area (Å²) >= 11 is 0. The van der Waals surface area contributed by atoms with Crippen LogP contribution < -0.4 is 10.6 Å². The molecule has 1 aliphatic heterocycles. The summed E-state index contributed by atoms with van der Waals surface area (Å²) in [5, 5.41) is 21.3. The van der Waals surface area contributed by atoms with Crippen LogP contribution >= 0.6 is 0 Å². The van der Waals surface area contributed by atoms with Gasteiger partial charge in [0, 0.05) is 43.3 Å². The molecule has 0 radical (unpaired) electrons. The van der Waals surface area contributed by atoms with E-state index >= 15 is 0 Å². The smallest absolute Gasteiger partial charge is 0.165 e. The zero-order valence-corrected chi connectivity index (χ0v) is 26.7. The van der Waals surface area contributed by atoms with Crippen LogP contribution in [0.1, 0.15) is 29.7 Å². The van der Waals surface area contributed by atoms with Gasteiger partial charge in [-0.2, -0.15) is 0 Å². The van der Waals surface area contributed by atoms with E-state index in [9.17, 15) is 0 Å². The number of nitrogens with two attached hydrogens (primary N) is 1. The lowest BCUT2D eigenvalue weighted by molar-refractivity contribution is -0.751. The number of aromatic nitrogens is 1. The van der Waals surface area contributed by atoms with Gasteiger partial charge in [-0.15, -0.1) is 0 Å². The second kappa shape index (κ2) is 11.3. The van der Waals surface area contributed by atoms with E-state index in [1.54, 1.807) is 0 Å². The first kappa shape index (κ1) is 28.1. The maximum atomic E-state index is 5.60. The number of fused-ring (bicyclic) bond motifs is 10. The van der Waals surface area contributed by atoms with Crippen LogP contribution in [0.25, 0.3) is 70.6 Å². The lowest BCUT2D eigenvalue weighted by Crippen LogP contribution is -2.92. The number of hydrogen-bond donors (Lipinski definition) is 2. The predicted octanol–water partition coefficient (Wildman–Crippen LogP) is 9.92. The van der Waals surface area contributed by atoms with Gasteiger partial charge in [0.25, 0.3) is 0 Å². The summed E-state index contributed by atoms with van der Waals surface area (Å²) in [4.78, 5) is 0. The molecule has 49 heavy (non-hydrogen) atoms. The SMILES string of the molecule is c1c2ccccc2c2c(c#1)c1ccccc1c1c2c2ccccc2n1C1[N-]C(c2ccc(-c3ccccc3)cc2)NC(c2ccccc2)[NH2+]1. The van der Waals surface area contributed by atoms with E-state index in [1.165, 1.54) is 60.0 Å². The summed E-state index contributed by atoms with van der Waals surface area (Å²) in [5.74, 6) is 0. The average Bonchev–Trinajstić information content (AvgIpc) is 3.54. The van der Waals surface area contributed by atoms with Gasteiger partial charge in [-0.05, 0) is 34.8 Å². The Bertz CT molecular complexity index is 2640. The molecule has 2 heterocycles. The Morgan fingerprint density at radius 3 is 1.96 bits per heavy atom. The van der Waals surface area contributed by atoms with Crippen molar-refractivity contribution in [3.63, 3.8) is 0 Å². The van der Waals surface area contributed by atoms with Gasteiger partial charge in [0.2, 0.25) is 0 Å². The molecule has 8 aromatic carbocycles. The third-order valence-electron chi connectivity index (χ3n) is 10.1. The molecule has 3 N–H and O–H groups in total. The minimum absolute atomic E-state index is 0.00537. The fraction of sp³-hybridized carbons (Fsp3) is 0.0667. The number of nitrogens with one attached hydrogen (secondary N) is 1. The second-order valence-electron chi connectivity index (χ2n) is 12.9. The van der Waals surface area contributed by atoms with Crippen molar-refractivity contribution < 1.29 is 5.32 Å². The molecule has 3 unspecified atom stereocenters. The number of nitrogens with zero attached hydrogens (tertiary/aromatic N) is 2. The molecular weight excluding hydrogens is 597 g/mol.